The standard InChI is InChI=1S/C18H26BClN2O3.ClH/c1-17(2)18(3,4)25-19(24-17)12-7-8-14(15(20)10-12)16(23)22-13-6-5-9-21-11-13;/h7-8,10,13,21H,5-6,9,11H2,1-4H3,(H,22,23);1H. The minimum Gasteiger partial charge on any atom is -0.399 e. The smallest absolute Gasteiger partial charge is 0.399 e. The molecule has 2 N–H and O–H groups in total. The summed E-state index contributed by atoms with van der Waals surface area (Å²) in [5.74, 6) is -0.140. The van der Waals surface area contributed by atoms with Crippen molar-refractivity contribution in [3.8, 4) is 0 Å². The fraction of sp³-hybridized carbons (Fsp3) is 0.611. The van der Waals surface area contributed by atoms with Gasteiger partial charge in [0.25, 0.3) is 5.91 Å². The second-order valence-corrected chi connectivity index (χ2v) is 8.25. The third-order valence-electron chi connectivity index (χ3n) is 5.40. The van der Waals surface area contributed by atoms with E-state index in [4.69, 9.17) is 20.9 Å². The molecule has 1 aromatic rings. The summed E-state index contributed by atoms with van der Waals surface area (Å²) in [7, 11) is -0.484. The Kier molecular flexibility index (Phi) is 6.68. The van der Waals surface area contributed by atoms with Crippen LogP contribution in [-0.4, -0.2) is 43.4 Å². The molecule has 0 saturated carbocycles. The van der Waals surface area contributed by atoms with Crippen LogP contribution in [-0.2, 0) is 9.31 Å². The summed E-state index contributed by atoms with van der Waals surface area (Å²) in [5, 5.41) is 6.74. The summed E-state index contributed by atoms with van der Waals surface area (Å²) in [6.07, 6.45) is 2.06. The van der Waals surface area contributed by atoms with Crippen LogP contribution in [0.1, 0.15) is 50.9 Å². The number of hydrogen-bond acceptors (Lipinski definition) is 4. The highest BCUT2D eigenvalue weighted by molar-refractivity contribution is 6.62. The van der Waals surface area contributed by atoms with Gasteiger partial charge in [-0.2, -0.15) is 0 Å². The molecule has 0 radical (unpaired) electrons. The van der Waals surface area contributed by atoms with E-state index in [1.807, 2.05) is 33.8 Å². The van der Waals surface area contributed by atoms with Crippen molar-refractivity contribution in [2.45, 2.75) is 57.8 Å². The van der Waals surface area contributed by atoms with Gasteiger partial charge in [0.1, 0.15) is 0 Å². The first-order valence-electron chi connectivity index (χ1n) is 8.86. The number of hydrogen-bond donors (Lipinski definition) is 2. The Hall–Kier alpha value is -0.785. The predicted molar refractivity (Wildman–Crippen MR) is 108 cm³/mol. The molecule has 26 heavy (non-hydrogen) atoms. The van der Waals surface area contributed by atoms with Gasteiger partial charge in [0.15, 0.2) is 0 Å². The Balaban J connectivity index is 0.00000243. The monoisotopic (exact) mass is 400 g/mol. The molecule has 1 aromatic carbocycles. The van der Waals surface area contributed by atoms with Crippen molar-refractivity contribution in [3.63, 3.8) is 0 Å². The second kappa shape index (κ2) is 8.07. The molecule has 2 aliphatic rings. The number of piperidine rings is 1. The Morgan fingerprint density at radius 1 is 1.27 bits per heavy atom. The molecule has 2 aliphatic heterocycles. The first-order chi connectivity index (χ1) is 11.7. The lowest BCUT2D eigenvalue weighted by Gasteiger charge is -2.32. The molecule has 2 saturated heterocycles. The predicted octanol–water partition coefficient (Wildman–Crippen LogP) is 2.54. The molecule has 8 heteroatoms. The van der Waals surface area contributed by atoms with Crippen LogP contribution in [0.3, 0.4) is 0 Å². The number of carbonyl (C=O) groups is 1. The van der Waals surface area contributed by atoms with Gasteiger partial charge in [-0.15, -0.1) is 12.4 Å². The number of rotatable bonds is 3. The molecule has 1 amide bonds. The van der Waals surface area contributed by atoms with E-state index in [1.54, 1.807) is 12.1 Å². The lowest BCUT2D eigenvalue weighted by Crippen LogP contribution is -2.45. The van der Waals surface area contributed by atoms with Gasteiger partial charge >= 0.3 is 7.12 Å². The molecule has 5 nitrogen and oxygen atoms in total. The highest BCUT2D eigenvalue weighted by atomic mass is 35.5. The molecule has 3 rings (SSSR count). The average molecular weight is 401 g/mol. The van der Waals surface area contributed by atoms with Crippen LogP contribution in [0.25, 0.3) is 0 Å². The van der Waals surface area contributed by atoms with Crippen molar-refractivity contribution in [3.05, 3.63) is 28.8 Å². The Morgan fingerprint density at radius 3 is 2.46 bits per heavy atom. The molecule has 2 heterocycles. The molecule has 0 aromatic heterocycles. The van der Waals surface area contributed by atoms with E-state index in [2.05, 4.69) is 10.6 Å². The topological polar surface area (TPSA) is 59.6 Å². The number of amides is 1. The van der Waals surface area contributed by atoms with Crippen LogP contribution in [0, 0.1) is 0 Å². The minimum atomic E-state index is -0.484. The molecule has 1 atom stereocenters. The van der Waals surface area contributed by atoms with E-state index in [0.29, 0.717) is 10.6 Å². The molecular weight excluding hydrogens is 374 g/mol. The van der Waals surface area contributed by atoms with Gasteiger partial charge in [-0.3, -0.25) is 4.79 Å². The zero-order valence-electron chi connectivity index (χ0n) is 15.7. The van der Waals surface area contributed by atoms with Crippen molar-refractivity contribution in [2.24, 2.45) is 0 Å². The van der Waals surface area contributed by atoms with Gasteiger partial charge in [-0.1, -0.05) is 17.7 Å². The minimum absolute atomic E-state index is 0. The molecule has 144 valence electrons. The van der Waals surface area contributed by atoms with Crippen LogP contribution >= 0.6 is 24.0 Å². The first kappa shape index (κ1) is 21.5. The number of nitrogens with one attached hydrogen (secondary N) is 2. The van der Waals surface area contributed by atoms with E-state index in [1.165, 1.54) is 0 Å². The van der Waals surface area contributed by atoms with Gasteiger partial charge in [-0.05, 0) is 64.7 Å². The van der Waals surface area contributed by atoms with Gasteiger partial charge < -0.3 is 19.9 Å². The quantitative estimate of drug-likeness (QED) is 0.765. The van der Waals surface area contributed by atoms with Crippen LogP contribution in [0.15, 0.2) is 18.2 Å². The highest BCUT2D eigenvalue weighted by Gasteiger charge is 2.51. The van der Waals surface area contributed by atoms with E-state index < -0.39 is 18.3 Å². The zero-order valence-corrected chi connectivity index (χ0v) is 17.3. The molecule has 0 spiro atoms. The zero-order chi connectivity index (χ0) is 18.2. The molecule has 0 bridgehead atoms. The highest BCUT2D eigenvalue weighted by Crippen LogP contribution is 2.36. The summed E-state index contributed by atoms with van der Waals surface area (Å²) in [5.41, 5.74) is 0.481. The maximum Gasteiger partial charge on any atom is 0.494 e. The van der Waals surface area contributed by atoms with Crippen molar-refractivity contribution < 1.29 is 14.1 Å². The van der Waals surface area contributed by atoms with Gasteiger partial charge in [0.05, 0.1) is 21.8 Å². The van der Waals surface area contributed by atoms with E-state index in [0.717, 1.165) is 31.4 Å². The maximum atomic E-state index is 12.5. The number of benzene rings is 1. The maximum absolute atomic E-state index is 12.5. The van der Waals surface area contributed by atoms with Crippen molar-refractivity contribution in [1.29, 1.82) is 0 Å². The van der Waals surface area contributed by atoms with Gasteiger partial charge in [-0.25, -0.2) is 0 Å². The van der Waals surface area contributed by atoms with Gasteiger partial charge in [0.2, 0.25) is 0 Å². The molecular formula is C18H27BCl2N2O3. The Bertz CT molecular complexity index is 648. The lowest BCUT2D eigenvalue weighted by atomic mass is 9.79. The Labute approximate surface area is 167 Å². The summed E-state index contributed by atoms with van der Waals surface area (Å²) in [6.45, 7) is 9.85. The molecule has 0 aliphatic carbocycles. The van der Waals surface area contributed by atoms with Crippen molar-refractivity contribution in [2.75, 3.05) is 13.1 Å². The summed E-state index contributed by atoms with van der Waals surface area (Å²) in [4.78, 5) is 12.5. The fourth-order valence-electron chi connectivity index (χ4n) is 3.08. The molecule has 2 fully saturated rings. The largest absolute Gasteiger partial charge is 0.494 e. The number of halogens is 2. The van der Waals surface area contributed by atoms with Crippen LogP contribution in [0.4, 0.5) is 0 Å². The fourth-order valence-corrected chi connectivity index (χ4v) is 3.35. The normalized spacial score (nSPS) is 24.0. The van der Waals surface area contributed by atoms with Gasteiger partial charge in [0, 0.05) is 12.6 Å². The third-order valence-corrected chi connectivity index (χ3v) is 5.71. The van der Waals surface area contributed by atoms with Crippen LogP contribution in [0.5, 0.6) is 0 Å². The van der Waals surface area contributed by atoms with Crippen LogP contribution < -0.4 is 16.1 Å². The summed E-state index contributed by atoms with van der Waals surface area (Å²) >= 11 is 6.37. The van der Waals surface area contributed by atoms with E-state index in [-0.39, 0.29) is 24.4 Å². The number of carbonyl (C=O) groups excluding carboxylic acids is 1. The SMILES string of the molecule is CC1(C)OB(c2ccc(C(=O)NC3CCCNC3)c(Cl)c2)OC1(C)C.Cl. The Morgan fingerprint density at radius 2 is 1.92 bits per heavy atom. The average Bonchev–Trinajstić information content (AvgIpc) is 2.76. The van der Waals surface area contributed by atoms with Crippen molar-refractivity contribution >= 4 is 42.5 Å². The third kappa shape index (κ3) is 4.37. The first-order valence-corrected chi connectivity index (χ1v) is 9.24. The van der Waals surface area contributed by atoms with E-state index >= 15 is 0 Å². The second-order valence-electron chi connectivity index (χ2n) is 7.84. The summed E-state index contributed by atoms with van der Waals surface area (Å²) < 4.78 is 12.1. The van der Waals surface area contributed by atoms with E-state index in [9.17, 15) is 4.79 Å². The lowest BCUT2D eigenvalue weighted by molar-refractivity contribution is 0.00578. The summed E-state index contributed by atoms with van der Waals surface area (Å²) in [6, 6.07) is 5.51. The van der Waals surface area contributed by atoms with Crippen LogP contribution in [0.2, 0.25) is 5.02 Å². The molecule has 1 unspecified atom stereocenters. The van der Waals surface area contributed by atoms with Crippen molar-refractivity contribution in [1.82, 2.24) is 10.6 Å².